The summed E-state index contributed by atoms with van der Waals surface area (Å²) < 4.78 is 42.9. The predicted molar refractivity (Wildman–Crippen MR) is 131 cm³/mol. The number of ether oxygens (including phenoxy) is 3. The normalized spacial score (nSPS) is 15.3. The minimum atomic E-state index is -4.02. The molecule has 8 nitrogen and oxygen atoms in total. The Balaban J connectivity index is 0.00000578. The summed E-state index contributed by atoms with van der Waals surface area (Å²) >= 11 is 0. The fourth-order valence-corrected chi connectivity index (χ4v) is 5.48. The minimum absolute atomic E-state index is 0. The zero-order valence-corrected chi connectivity index (χ0v) is 20.7. The van der Waals surface area contributed by atoms with Gasteiger partial charge in [0.1, 0.15) is 18.0 Å². The number of benzene rings is 1. The van der Waals surface area contributed by atoms with Gasteiger partial charge in [-0.05, 0) is 77.6 Å². The van der Waals surface area contributed by atoms with Crippen LogP contribution in [0, 0.1) is 17.8 Å². The van der Waals surface area contributed by atoms with Gasteiger partial charge in [0.25, 0.3) is 0 Å². The molecule has 0 bridgehead atoms. The Morgan fingerprint density at radius 1 is 1.15 bits per heavy atom. The predicted octanol–water partition coefficient (Wildman–Crippen LogP) is 2.79. The zero-order chi connectivity index (χ0) is 24.6. The molecule has 1 atom stereocenters. The van der Waals surface area contributed by atoms with Gasteiger partial charge in [-0.2, -0.15) is 0 Å². The average Bonchev–Trinajstić information content (AvgIpc) is 2.74. The SMILES string of the molecule is CC#CCOc1ccc(S(=O)(=O)C(C(=O)OCC)C2CCN(C(=O)OC(C)(C)C)CC2)cc1.[NaH]. The van der Waals surface area contributed by atoms with Gasteiger partial charge in [-0.3, -0.25) is 4.79 Å². The van der Waals surface area contributed by atoms with Crippen molar-refractivity contribution < 1.29 is 32.2 Å². The molecule has 1 unspecified atom stereocenters. The summed E-state index contributed by atoms with van der Waals surface area (Å²) in [5, 5.41) is -1.35. The molecule has 0 N–H and O–H groups in total. The third kappa shape index (κ3) is 8.49. The van der Waals surface area contributed by atoms with E-state index in [0.29, 0.717) is 31.7 Å². The maximum atomic E-state index is 13.5. The molecule has 1 heterocycles. The van der Waals surface area contributed by atoms with Crippen LogP contribution >= 0.6 is 0 Å². The first-order chi connectivity index (χ1) is 15.5. The summed E-state index contributed by atoms with van der Waals surface area (Å²) in [6.07, 6.45) is 0.248. The summed E-state index contributed by atoms with van der Waals surface area (Å²) in [6.45, 7) is 9.58. The molecule has 0 spiro atoms. The number of carbonyl (C=O) groups excluding carboxylic acids is 2. The van der Waals surface area contributed by atoms with Gasteiger partial charge in [0.2, 0.25) is 0 Å². The molecule has 1 aliphatic rings. The van der Waals surface area contributed by atoms with Crippen molar-refractivity contribution in [1.29, 1.82) is 0 Å². The Bertz CT molecular complexity index is 983. The molecule has 0 radical (unpaired) electrons. The first-order valence-electron chi connectivity index (χ1n) is 11.0. The number of sulfone groups is 1. The standard InChI is InChI=1S/C24H33NO7S.Na.H/c1-6-8-17-31-19-9-11-20(12-10-19)33(28,29)21(22(26)30-7-2)18-13-15-25(16-14-18)23(27)32-24(3,4)5;;/h9-12,18,21H,7,13-17H2,1-5H3;;. The van der Waals surface area contributed by atoms with Gasteiger partial charge >= 0.3 is 41.6 Å². The molecule has 0 aromatic heterocycles. The van der Waals surface area contributed by atoms with Gasteiger partial charge in [-0.1, -0.05) is 5.92 Å². The van der Waals surface area contributed by atoms with Crippen molar-refractivity contribution in [3.05, 3.63) is 24.3 Å². The Hall–Kier alpha value is -1.73. The molecule has 1 fully saturated rings. The van der Waals surface area contributed by atoms with E-state index < -0.39 is 38.7 Å². The topological polar surface area (TPSA) is 99.2 Å². The number of esters is 1. The van der Waals surface area contributed by atoms with Crippen LogP contribution < -0.4 is 4.74 Å². The fourth-order valence-electron chi connectivity index (χ4n) is 3.57. The van der Waals surface area contributed by atoms with E-state index in [1.54, 1.807) is 39.5 Å². The molecule has 1 saturated heterocycles. The van der Waals surface area contributed by atoms with Gasteiger partial charge in [-0.15, -0.1) is 5.92 Å². The van der Waals surface area contributed by atoms with E-state index in [1.165, 1.54) is 24.3 Å². The summed E-state index contributed by atoms with van der Waals surface area (Å²) in [5.74, 6) is 4.71. The molecule has 1 aliphatic heterocycles. The van der Waals surface area contributed by atoms with Crippen LogP contribution in [0.25, 0.3) is 0 Å². The second-order valence-corrected chi connectivity index (χ2v) is 10.8. The van der Waals surface area contributed by atoms with Gasteiger partial charge in [0, 0.05) is 13.1 Å². The van der Waals surface area contributed by atoms with E-state index in [1.807, 2.05) is 0 Å². The van der Waals surface area contributed by atoms with Gasteiger partial charge in [0.15, 0.2) is 15.1 Å². The summed E-state index contributed by atoms with van der Waals surface area (Å²) in [6, 6.07) is 5.92. The van der Waals surface area contributed by atoms with E-state index in [9.17, 15) is 18.0 Å². The van der Waals surface area contributed by atoms with Crippen molar-refractivity contribution in [1.82, 2.24) is 4.90 Å². The molecule has 184 valence electrons. The number of rotatable bonds is 7. The number of carbonyl (C=O) groups is 2. The Kier molecular flexibility index (Phi) is 11.9. The number of hydrogen-bond donors (Lipinski definition) is 0. The van der Waals surface area contributed by atoms with Gasteiger partial charge in [-0.25, -0.2) is 13.2 Å². The molecule has 1 aromatic rings. The first kappa shape index (κ1) is 30.3. The fraction of sp³-hybridized carbons (Fsp3) is 0.583. The molecule has 34 heavy (non-hydrogen) atoms. The molecular weight excluding hydrogens is 469 g/mol. The van der Waals surface area contributed by atoms with Crippen LogP contribution in [-0.4, -0.2) is 92.1 Å². The Labute approximate surface area is 224 Å². The molecule has 1 amide bonds. The monoisotopic (exact) mass is 503 g/mol. The van der Waals surface area contributed by atoms with Crippen molar-refractivity contribution in [2.75, 3.05) is 26.3 Å². The van der Waals surface area contributed by atoms with Crippen molar-refractivity contribution >= 4 is 51.5 Å². The molecule has 0 saturated carbocycles. The summed E-state index contributed by atoms with van der Waals surface area (Å²) in [5.41, 5.74) is -0.621. The molecule has 1 aromatic carbocycles. The number of likely N-dealkylation sites (tertiary alicyclic amines) is 1. The van der Waals surface area contributed by atoms with Crippen LogP contribution in [0.2, 0.25) is 0 Å². The Morgan fingerprint density at radius 3 is 2.24 bits per heavy atom. The van der Waals surface area contributed by atoms with Crippen molar-refractivity contribution in [3.8, 4) is 17.6 Å². The van der Waals surface area contributed by atoms with Crippen LogP contribution in [0.4, 0.5) is 4.79 Å². The summed E-state index contributed by atoms with van der Waals surface area (Å²) in [7, 11) is -4.02. The van der Waals surface area contributed by atoms with Crippen molar-refractivity contribution in [2.24, 2.45) is 5.92 Å². The van der Waals surface area contributed by atoms with Crippen LogP contribution in [0.5, 0.6) is 5.75 Å². The van der Waals surface area contributed by atoms with Crippen molar-refractivity contribution in [3.63, 3.8) is 0 Å². The number of hydrogen-bond acceptors (Lipinski definition) is 7. The second-order valence-electron chi connectivity index (χ2n) is 8.71. The first-order valence-corrected chi connectivity index (χ1v) is 12.5. The van der Waals surface area contributed by atoms with Crippen molar-refractivity contribution in [2.45, 2.75) is 63.2 Å². The van der Waals surface area contributed by atoms with Crippen LogP contribution in [0.1, 0.15) is 47.5 Å². The third-order valence-electron chi connectivity index (χ3n) is 5.11. The van der Waals surface area contributed by atoms with E-state index in [0.717, 1.165) is 0 Å². The van der Waals surface area contributed by atoms with E-state index in [-0.39, 0.29) is 47.7 Å². The maximum absolute atomic E-state index is 13.5. The van der Waals surface area contributed by atoms with Crippen LogP contribution in [0.3, 0.4) is 0 Å². The van der Waals surface area contributed by atoms with E-state index >= 15 is 0 Å². The van der Waals surface area contributed by atoms with E-state index in [2.05, 4.69) is 11.8 Å². The molecule has 0 aliphatic carbocycles. The third-order valence-corrected chi connectivity index (χ3v) is 7.29. The second kappa shape index (κ2) is 13.4. The molecule has 2 rings (SSSR count). The zero-order valence-electron chi connectivity index (χ0n) is 19.9. The average molecular weight is 504 g/mol. The van der Waals surface area contributed by atoms with E-state index in [4.69, 9.17) is 14.2 Å². The van der Waals surface area contributed by atoms with Crippen LogP contribution in [0.15, 0.2) is 29.2 Å². The number of amides is 1. The Morgan fingerprint density at radius 2 is 1.74 bits per heavy atom. The molecular formula is C24H34NNaO7S. The van der Waals surface area contributed by atoms with Gasteiger partial charge < -0.3 is 19.1 Å². The summed E-state index contributed by atoms with van der Waals surface area (Å²) in [4.78, 5) is 26.7. The van der Waals surface area contributed by atoms with Crippen LogP contribution in [-0.2, 0) is 24.1 Å². The number of nitrogens with zero attached hydrogens (tertiary/aromatic N) is 1. The van der Waals surface area contributed by atoms with Gasteiger partial charge in [0.05, 0.1) is 11.5 Å². The molecule has 10 heteroatoms. The number of piperidine rings is 1. The quantitative estimate of drug-likeness (QED) is 0.321.